The number of rotatable bonds is 4. The van der Waals surface area contributed by atoms with Gasteiger partial charge in [-0.2, -0.15) is 0 Å². The average Bonchev–Trinajstić information content (AvgIpc) is 2.69. The molecule has 0 unspecified atom stereocenters. The van der Waals surface area contributed by atoms with E-state index in [1.807, 2.05) is 24.3 Å². The molecule has 0 fully saturated rings. The van der Waals surface area contributed by atoms with Crippen LogP contribution < -0.4 is 10.1 Å². The molecule has 1 aromatic carbocycles. The molecule has 1 aromatic rings. The molecule has 0 saturated carbocycles. The third kappa shape index (κ3) is 3.44. The van der Waals surface area contributed by atoms with Gasteiger partial charge in [-0.25, -0.2) is 4.99 Å². The monoisotopic (exact) mass is 258 g/mol. The van der Waals surface area contributed by atoms with Crippen molar-refractivity contribution >= 4 is 17.8 Å². The van der Waals surface area contributed by atoms with E-state index in [0.29, 0.717) is 11.6 Å². The van der Waals surface area contributed by atoms with Crippen LogP contribution in [0.2, 0.25) is 0 Å². The molecule has 4 nitrogen and oxygen atoms in total. The van der Waals surface area contributed by atoms with Gasteiger partial charge in [0.1, 0.15) is 17.3 Å². The molecule has 1 heterocycles. The van der Waals surface area contributed by atoms with Crippen molar-refractivity contribution in [3.8, 4) is 5.75 Å². The highest BCUT2D eigenvalue weighted by molar-refractivity contribution is 6.14. The number of amidine groups is 1. The molecule has 100 valence electrons. The van der Waals surface area contributed by atoms with Crippen molar-refractivity contribution in [3.05, 3.63) is 35.5 Å². The molecular formula is C15H18N2O2. The zero-order chi connectivity index (χ0) is 13.8. The number of methoxy groups -OCH3 is 1. The number of benzene rings is 1. The quantitative estimate of drug-likeness (QED) is 0.844. The molecule has 0 atom stereocenters. The fraction of sp³-hybridized carbons (Fsp3) is 0.333. The van der Waals surface area contributed by atoms with Gasteiger partial charge in [0.25, 0.3) is 5.91 Å². The lowest BCUT2D eigenvalue weighted by Gasteiger charge is -2.02. The summed E-state index contributed by atoms with van der Waals surface area (Å²) in [4.78, 5) is 16.1. The number of ether oxygens (including phenoxy) is 1. The molecular weight excluding hydrogens is 240 g/mol. The van der Waals surface area contributed by atoms with E-state index in [1.165, 1.54) is 0 Å². The first-order valence-corrected chi connectivity index (χ1v) is 6.33. The zero-order valence-electron chi connectivity index (χ0n) is 11.4. The summed E-state index contributed by atoms with van der Waals surface area (Å²) in [6, 6.07) is 7.54. The van der Waals surface area contributed by atoms with Crippen molar-refractivity contribution < 1.29 is 9.53 Å². The summed E-state index contributed by atoms with van der Waals surface area (Å²) in [6.45, 7) is 4.19. The van der Waals surface area contributed by atoms with Gasteiger partial charge in [-0.1, -0.05) is 26.0 Å². The van der Waals surface area contributed by atoms with Crippen LogP contribution in [0.4, 0.5) is 0 Å². The van der Waals surface area contributed by atoms with Crippen molar-refractivity contribution in [2.75, 3.05) is 7.11 Å². The van der Waals surface area contributed by atoms with Crippen molar-refractivity contribution in [1.29, 1.82) is 0 Å². The van der Waals surface area contributed by atoms with Crippen LogP contribution in [0.15, 0.2) is 35.0 Å². The summed E-state index contributed by atoms with van der Waals surface area (Å²) in [6.07, 6.45) is 2.55. The maximum atomic E-state index is 11.8. The van der Waals surface area contributed by atoms with E-state index in [2.05, 4.69) is 24.2 Å². The first-order chi connectivity index (χ1) is 9.08. The van der Waals surface area contributed by atoms with E-state index in [0.717, 1.165) is 23.6 Å². The molecule has 2 rings (SSSR count). The second-order valence-corrected chi connectivity index (χ2v) is 4.92. The van der Waals surface area contributed by atoms with Crippen LogP contribution >= 0.6 is 0 Å². The Morgan fingerprint density at radius 1 is 1.42 bits per heavy atom. The topological polar surface area (TPSA) is 50.7 Å². The van der Waals surface area contributed by atoms with E-state index >= 15 is 0 Å². The second kappa shape index (κ2) is 5.69. The van der Waals surface area contributed by atoms with E-state index in [9.17, 15) is 4.79 Å². The Hall–Kier alpha value is -2.10. The van der Waals surface area contributed by atoms with Crippen LogP contribution in [-0.2, 0) is 4.79 Å². The molecule has 0 aliphatic carbocycles. The Kier molecular flexibility index (Phi) is 4.00. The SMILES string of the molecule is COc1cccc(/C=C2/N=C(CC(C)C)NC2=O)c1. The number of nitrogens with zero attached hydrogens (tertiary/aromatic N) is 1. The van der Waals surface area contributed by atoms with Crippen LogP contribution in [-0.4, -0.2) is 18.9 Å². The predicted octanol–water partition coefficient (Wildman–Crippen LogP) is 2.61. The first kappa shape index (κ1) is 13.3. The molecule has 0 bridgehead atoms. The molecule has 1 aliphatic heterocycles. The fourth-order valence-electron chi connectivity index (χ4n) is 1.89. The summed E-state index contributed by atoms with van der Waals surface area (Å²) in [5.41, 5.74) is 1.35. The highest BCUT2D eigenvalue weighted by Crippen LogP contribution is 2.18. The van der Waals surface area contributed by atoms with Gasteiger partial charge < -0.3 is 10.1 Å². The van der Waals surface area contributed by atoms with Crippen LogP contribution in [0.5, 0.6) is 5.75 Å². The Bertz CT molecular complexity index is 545. The maximum Gasteiger partial charge on any atom is 0.275 e. The van der Waals surface area contributed by atoms with Gasteiger partial charge in [0.15, 0.2) is 0 Å². The van der Waals surface area contributed by atoms with Gasteiger partial charge in [-0.15, -0.1) is 0 Å². The number of hydrogen-bond donors (Lipinski definition) is 1. The van der Waals surface area contributed by atoms with E-state index in [4.69, 9.17) is 4.74 Å². The number of hydrogen-bond acceptors (Lipinski definition) is 3. The van der Waals surface area contributed by atoms with E-state index in [1.54, 1.807) is 13.2 Å². The van der Waals surface area contributed by atoms with Gasteiger partial charge in [0.05, 0.1) is 7.11 Å². The summed E-state index contributed by atoms with van der Waals surface area (Å²) >= 11 is 0. The van der Waals surface area contributed by atoms with E-state index < -0.39 is 0 Å². The van der Waals surface area contributed by atoms with Gasteiger partial charge >= 0.3 is 0 Å². The van der Waals surface area contributed by atoms with Crippen molar-refractivity contribution in [2.45, 2.75) is 20.3 Å². The lowest BCUT2D eigenvalue weighted by atomic mass is 10.1. The number of amides is 1. The van der Waals surface area contributed by atoms with E-state index in [-0.39, 0.29) is 5.91 Å². The lowest BCUT2D eigenvalue weighted by Crippen LogP contribution is -2.24. The summed E-state index contributed by atoms with van der Waals surface area (Å²) in [5, 5.41) is 2.80. The Labute approximate surface area is 113 Å². The fourth-order valence-corrected chi connectivity index (χ4v) is 1.89. The third-order valence-electron chi connectivity index (χ3n) is 2.74. The summed E-state index contributed by atoms with van der Waals surface area (Å²) < 4.78 is 5.15. The van der Waals surface area contributed by atoms with Gasteiger partial charge in [0, 0.05) is 6.42 Å². The summed E-state index contributed by atoms with van der Waals surface area (Å²) in [7, 11) is 1.62. The molecule has 1 amide bonds. The minimum Gasteiger partial charge on any atom is -0.497 e. The van der Waals surface area contributed by atoms with Gasteiger partial charge in [-0.05, 0) is 29.7 Å². The molecule has 0 radical (unpaired) electrons. The van der Waals surface area contributed by atoms with Crippen LogP contribution in [0, 0.1) is 5.92 Å². The predicted molar refractivity (Wildman–Crippen MR) is 76.0 cm³/mol. The number of nitrogens with one attached hydrogen (secondary N) is 1. The normalized spacial score (nSPS) is 16.7. The van der Waals surface area contributed by atoms with Crippen molar-refractivity contribution in [3.63, 3.8) is 0 Å². The Morgan fingerprint density at radius 3 is 2.89 bits per heavy atom. The minimum absolute atomic E-state index is 0.140. The van der Waals surface area contributed by atoms with Crippen LogP contribution in [0.25, 0.3) is 6.08 Å². The number of carbonyl (C=O) groups excluding carboxylic acids is 1. The third-order valence-corrected chi connectivity index (χ3v) is 2.74. The standard InChI is InChI=1S/C15H18N2O2/c1-10(2)7-14-16-13(15(18)17-14)9-11-5-4-6-12(8-11)19-3/h4-6,8-10H,7H2,1-3H3,(H,16,17,18)/b13-9+. The molecule has 4 heteroatoms. The van der Waals surface area contributed by atoms with Crippen molar-refractivity contribution in [1.82, 2.24) is 5.32 Å². The highest BCUT2D eigenvalue weighted by Gasteiger charge is 2.20. The average molecular weight is 258 g/mol. The molecule has 19 heavy (non-hydrogen) atoms. The summed E-state index contributed by atoms with van der Waals surface area (Å²) in [5.74, 6) is 1.84. The molecule has 0 aromatic heterocycles. The van der Waals surface area contributed by atoms with Crippen molar-refractivity contribution in [2.24, 2.45) is 10.9 Å². The minimum atomic E-state index is -0.140. The molecule has 1 N–H and O–H groups in total. The lowest BCUT2D eigenvalue weighted by molar-refractivity contribution is -0.115. The second-order valence-electron chi connectivity index (χ2n) is 4.92. The Balaban J connectivity index is 2.22. The van der Waals surface area contributed by atoms with Crippen LogP contribution in [0.1, 0.15) is 25.8 Å². The highest BCUT2D eigenvalue weighted by atomic mass is 16.5. The molecule has 0 saturated heterocycles. The smallest absolute Gasteiger partial charge is 0.275 e. The van der Waals surface area contributed by atoms with Gasteiger partial charge in [0.2, 0.25) is 0 Å². The van der Waals surface area contributed by atoms with Crippen LogP contribution in [0.3, 0.4) is 0 Å². The number of carbonyl (C=O) groups is 1. The first-order valence-electron chi connectivity index (χ1n) is 6.33. The largest absolute Gasteiger partial charge is 0.497 e. The molecule has 1 aliphatic rings. The molecule has 0 spiro atoms. The number of aliphatic imine (C=N–C) groups is 1. The maximum absolute atomic E-state index is 11.8. The van der Waals surface area contributed by atoms with Gasteiger partial charge in [-0.3, -0.25) is 4.79 Å². The zero-order valence-corrected chi connectivity index (χ0v) is 11.4. The Morgan fingerprint density at radius 2 is 2.21 bits per heavy atom.